The second-order valence-electron chi connectivity index (χ2n) is 7.66. The van der Waals surface area contributed by atoms with Crippen molar-refractivity contribution < 1.29 is 9.53 Å². The van der Waals surface area contributed by atoms with Gasteiger partial charge in [0.1, 0.15) is 5.60 Å². The van der Waals surface area contributed by atoms with Crippen LogP contribution in [0, 0.1) is 0 Å². The number of aromatic amines is 1. The lowest BCUT2D eigenvalue weighted by atomic mass is 10.1. The van der Waals surface area contributed by atoms with Crippen molar-refractivity contribution in [2.24, 2.45) is 5.10 Å². The Morgan fingerprint density at radius 1 is 1.10 bits per heavy atom. The highest BCUT2D eigenvalue weighted by Crippen LogP contribution is 2.23. The van der Waals surface area contributed by atoms with Crippen LogP contribution in [0.4, 0.5) is 4.79 Å². The van der Waals surface area contributed by atoms with Gasteiger partial charge in [-0.15, -0.1) is 0 Å². The second kappa shape index (κ2) is 8.59. The molecule has 2 aromatic carbocycles. The molecule has 30 heavy (non-hydrogen) atoms. The zero-order chi connectivity index (χ0) is 21.9. The summed E-state index contributed by atoms with van der Waals surface area (Å²) >= 11 is 6.01. The fourth-order valence-electron chi connectivity index (χ4n) is 2.84. The number of hydrogen-bond donors (Lipinski definition) is 2. The van der Waals surface area contributed by atoms with Crippen LogP contribution in [0.3, 0.4) is 0 Å². The number of hydrazone groups is 1. The minimum absolute atomic E-state index is 0.293. The molecule has 0 saturated heterocycles. The maximum absolute atomic E-state index is 13.2. The number of benzene rings is 2. The van der Waals surface area contributed by atoms with Crippen molar-refractivity contribution in [3.8, 4) is 16.9 Å². The number of nitrogens with zero attached hydrogens (tertiary/aromatic N) is 2. The number of rotatable bonds is 4. The molecule has 1 heterocycles. The number of ether oxygens (including phenoxy) is 1. The van der Waals surface area contributed by atoms with E-state index in [1.165, 1.54) is 4.68 Å². The first kappa shape index (κ1) is 21.4. The average molecular weight is 427 g/mol. The number of para-hydroxylation sites is 1. The molecule has 0 aliphatic carbocycles. The first-order chi connectivity index (χ1) is 14.2. The molecule has 2 N–H and O–H groups in total. The van der Waals surface area contributed by atoms with E-state index in [2.05, 4.69) is 15.6 Å². The predicted molar refractivity (Wildman–Crippen MR) is 118 cm³/mol. The van der Waals surface area contributed by atoms with Crippen molar-refractivity contribution in [3.63, 3.8) is 0 Å². The Kier molecular flexibility index (Phi) is 6.12. The van der Waals surface area contributed by atoms with Crippen LogP contribution < -0.4 is 11.0 Å². The van der Waals surface area contributed by atoms with Gasteiger partial charge in [-0.1, -0.05) is 41.9 Å². The molecule has 0 fully saturated rings. The molecule has 0 bridgehead atoms. The second-order valence-corrected chi connectivity index (χ2v) is 8.09. The van der Waals surface area contributed by atoms with Gasteiger partial charge in [-0.05, 0) is 52.0 Å². The van der Waals surface area contributed by atoms with E-state index in [1.807, 2.05) is 30.3 Å². The molecule has 156 valence electrons. The number of H-pyrrole nitrogens is 1. The van der Waals surface area contributed by atoms with Crippen molar-refractivity contribution in [2.75, 3.05) is 0 Å². The summed E-state index contributed by atoms with van der Waals surface area (Å²) in [5.41, 5.74) is 4.06. The molecular formula is C22H23ClN4O3. The zero-order valence-corrected chi connectivity index (χ0v) is 17.9. The summed E-state index contributed by atoms with van der Waals surface area (Å²) in [7, 11) is 0. The molecule has 3 aromatic rings. The monoisotopic (exact) mass is 426 g/mol. The van der Waals surface area contributed by atoms with Gasteiger partial charge in [0.05, 0.1) is 22.7 Å². The molecule has 0 aliphatic rings. The molecule has 0 atom stereocenters. The van der Waals surface area contributed by atoms with Gasteiger partial charge in [0.25, 0.3) is 5.56 Å². The van der Waals surface area contributed by atoms with E-state index in [0.717, 1.165) is 5.56 Å². The van der Waals surface area contributed by atoms with Gasteiger partial charge in [-0.25, -0.2) is 14.9 Å². The van der Waals surface area contributed by atoms with Crippen molar-refractivity contribution >= 4 is 23.4 Å². The molecule has 8 heteroatoms. The lowest BCUT2D eigenvalue weighted by Crippen LogP contribution is -2.30. The summed E-state index contributed by atoms with van der Waals surface area (Å²) in [4.78, 5) is 25.2. The summed E-state index contributed by atoms with van der Waals surface area (Å²) < 4.78 is 6.63. The Morgan fingerprint density at radius 3 is 2.33 bits per heavy atom. The van der Waals surface area contributed by atoms with Gasteiger partial charge < -0.3 is 4.74 Å². The Balaban J connectivity index is 2.06. The normalized spacial score (nSPS) is 12.0. The van der Waals surface area contributed by atoms with Crippen molar-refractivity contribution in [3.05, 3.63) is 75.5 Å². The smallest absolute Gasteiger partial charge is 0.428 e. The zero-order valence-electron chi connectivity index (χ0n) is 17.2. The highest BCUT2D eigenvalue weighted by atomic mass is 35.5. The third-order valence-corrected chi connectivity index (χ3v) is 4.37. The van der Waals surface area contributed by atoms with Crippen molar-refractivity contribution in [1.29, 1.82) is 0 Å². The van der Waals surface area contributed by atoms with Crippen LogP contribution in [0.1, 0.15) is 33.3 Å². The van der Waals surface area contributed by atoms with E-state index < -0.39 is 11.7 Å². The average Bonchev–Trinajstić information content (AvgIpc) is 3.03. The summed E-state index contributed by atoms with van der Waals surface area (Å²) in [6.45, 7) is 6.92. The summed E-state index contributed by atoms with van der Waals surface area (Å²) in [5, 5.41) is 7.81. The van der Waals surface area contributed by atoms with E-state index >= 15 is 0 Å². The Hall–Kier alpha value is -3.32. The number of carbonyl (C=O) groups excluding carboxylic acids is 1. The van der Waals surface area contributed by atoms with Gasteiger partial charge in [-0.3, -0.25) is 9.89 Å². The fraction of sp³-hybridized carbons (Fsp3) is 0.227. The highest BCUT2D eigenvalue weighted by molar-refractivity contribution is 6.30. The SMILES string of the molecule is C/C(=N\NC(=O)OC(C)(C)C)c1c(-c2ccc(Cl)cc2)[nH]n(-c2ccccc2)c1=O. The summed E-state index contributed by atoms with van der Waals surface area (Å²) in [6.07, 6.45) is -0.700. The predicted octanol–water partition coefficient (Wildman–Crippen LogP) is 4.73. The molecule has 7 nitrogen and oxygen atoms in total. The molecule has 1 amide bonds. The molecule has 0 aliphatic heterocycles. The minimum Gasteiger partial charge on any atom is -0.443 e. The first-order valence-corrected chi connectivity index (χ1v) is 9.73. The number of amides is 1. The number of nitrogens with one attached hydrogen (secondary N) is 2. The third-order valence-electron chi connectivity index (χ3n) is 4.11. The quantitative estimate of drug-likeness (QED) is 0.466. The van der Waals surface area contributed by atoms with Crippen LogP contribution in [0.15, 0.2) is 64.5 Å². The Labute approximate surface area is 179 Å². The molecule has 1 aromatic heterocycles. The van der Waals surface area contributed by atoms with Crippen molar-refractivity contribution in [2.45, 2.75) is 33.3 Å². The largest absolute Gasteiger partial charge is 0.443 e. The van der Waals surface area contributed by atoms with E-state index in [0.29, 0.717) is 27.7 Å². The molecule has 0 saturated carbocycles. The van der Waals surface area contributed by atoms with Gasteiger partial charge in [0.15, 0.2) is 0 Å². The third kappa shape index (κ3) is 4.99. The number of hydrogen-bond acceptors (Lipinski definition) is 4. The lowest BCUT2D eigenvalue weighted by Gasteiger charge is -2.18. The van der Waals surface area contributed by atoms with E-state index in [-0.39, 0.29) is 5.56 Å². The van der Waals surface area contributed by atoms with Crippen LogP contribution >= 0.6 is 11.6 Å². The van der Waals surface area contributed by atoms with Gasteiger partial charge in [0.2, 0.25) is 0 Å². The maximum Gasteiger partial charge on any atom is 0.428 e. The standard InChI is InChI=1S/C22H23ClN4O3/c1-14(24-25-21(29)30-22(2,3)4)18-19(15-10-12-16(23)13-11-15)26-27(20(18)28)17-8-6-5-7-9-17/h5-13,26H,1-4H3,(H,25,29)/b24-14+. The fourth-order valence-corrected chi connectivity index (χ4v) is 2.97. The number of halogens is 1. The highest BCUT2D eigenvalue weighted by Gasteiger charge is 2.20. The van der Waals surface area contributed by atoms with Crippen LogP contribution in [0.25, 0.3) is 16.9 Å². The van der Waals surface area contributed by atoms with Crippen LogP contribution in [-0.2, 0) is 4.74 Å². The topological polar surface area (TPSA) is 88.5 Å². The van der Waals surface area contributed by atoms with Gasteiger partial charge in [0, 0.05) is 10.6 Å². The first-order valence-electron chi connectivity index (χ1n) is 9.36. The summed E-state index contributed by atoms with van der Waals surface area (Å²) in [6, 6.07) is 16.3. The van der Waals surface area contributed by atoms with Crippen molar-refractivity contribution in [1.82, 2.24) is 15.2 Å². The number of carbonyl (C=O) groups is 1. The Morgan fingerprint density at radius 2 is 1.73 bits per heavy atom. The van der Waals surface area contributed by atoms with Gasteiger partial charge >= 0.3 is 6.09 Å². The molecule has 0 spiro atoms. The van der Waals surface area contributed by atoms with Crippen LogP contribution in [0.2, 0.25) is 5.02 Å². The molecule has 0 radical (unpaired) electrons. The number of aromatic nitrogens is 2. The van der Waals surface area contributed by atoms with E-state index in [4.69, 9.17) is 16.3 Å². The molecule has 3 rings (SSSR count). The van der Waals surface area contributed by atoms with E-state index in [1.54, 1.807) is 52.0 Å². The van der Waals surface area contributed by atoms with Gasteiger partial charge in [-0.2, -0.15) is 5.10 Å². The van der Waals surface area contributed by atoms with E-state index in [9.17, 15) is 9.59 Å². The van der Waals surface area contributed by atoms with Crippen LogP contribution in [-0.4, -0.2) is 27.2 Å². The molecular weight excluding hydrogens is 404 g/mol. The lowest BCUT2D eigenvalue weighted by molar-refractivity contribution is 0.0529. The summed E-state index contributed by atoms with van der Waals surface area (Å²) in [5.74, 6) is 0. The Bertz CT molecular complexity index is 1120. The minimum atomic E-state index is -0.700. The maximum atomic E-state index is 13.2. The molecule has 0 unspecified atom stereocenters. The van der Waals surface area contributed by atoms with Crippen LogP contribution in [0.5, 0.6) is 0 Å².